The lowest BCUT2D eigenvalue weighted by atomic mass is 10.1. The topological polar surface area (TPSA) is 53.1 Å². The number of benzene rings is 1. The van der Waals surface area contributed by atoms with Crippen LogP contribution in [0.4, 0.5) is 0 Å². The maximum atomic E-state index is 7.35. The van der Waals surface area contributed by atoms with Gasteiger partial charge in [0, 0.05) is 12.1 Å². The molecule has 94 valence electrons. The van der Waals surface area contributed by atoms with Gasteiger partial charge in [0.2, 0.25) is 0 Å². The van der Waals surface area contributed by atoms with Gasteiger partial charge in [0.25, 0.3) is 0 Å². The second-order valence-corrected chi connectivity index (χ2v) is 4.39. The maximum Gasteiger partial charge on any atom is 0.122 e. The van der Waals surface area contributed by atoms with Crippen molar-refractivity contribution >= 4 is 5.84 Å². The van der Waals surface area contributed by atoms with Crippen molar-refractivity contribution in [3.8, 4) is 0 Å². The highest BCUT2D eigenvalue weighted by atomic mass is 15.1. The molecule has 0 aliphatic rings. The Morgan fingerprint density at radius 2 is 1.65 bits per heavy atom. The minimum absolute atomic E-state index is 0.135. The highest BCUT2D eigenvalue weighted by Gasteiger charge is 2.04. The van der Waals surface area contributed by atoms with Gasteiger partial charge >= 0.3 is 0 Å². The molecule has 0 radical (unpaired) electrons. The Morgan fingerprint density at radius 3 is 2.06 bits per heavy atom. The van der Waals surface area contributed by atoms with E-state index in [0.29, 0.717) is 0 Å². The molecule has 0 fully saturated rings. The normalized spacial score (nSPS) is 10.8. The van der Waals surface area contributed by atoms with Crippen LogP contribution in [-0.4, -0.2) is 23.8 Å². The zero-order valence-corrected chi connectivity index (χ0v) is 10.9. The average Bonchev–Trinajstić information content (AvgIpc) is 2.30. The Morgan fingerprint density at radius 1 is 1.12 bits per heavy atom. The van der Waals surface area contributed by atoms with E-state index in [1.54, 1.807) is 0 Å². The van der Waals surface area contributed by atoms with E-state index >= 15 is 0 Å². The van der Waals surface area contributed by atoms with Crippen LogP contribution in [0.15, 0.2) is 24.3 Å². The van der Waals surface area contributed by atoms with Crippen LogP contribution >= 0.6 is 0 Å². The van der Waals surface area contributed by atoms with E-state index in [1.807, 2.05) is 12.1 Å². The monoisotopic (exact) mass is 233 g/mol. The third-order valence-corrected chi connectivity index (χ3v) is 2.75. The molecular weight excluding hydrogens is 210 g/mol. The molecule has 17 heavy (non-hydrogen) atoms. The molecule has 0 saturated carbocycles. The fourth-order valence-electron chi connectivity index (χ4n) is 1.95. The Hall–Kier alpha value is -1.35. The van der Waals surface area contributed by atoms with Gasteiger partial charge in [0.1, 0.15) is 5.84 Å². The van der Waals surface area contributed by atoms with E-state index < -0.39 is 0 Å². The maximum absolute atomic E-state index is 7.35. The van der Waals surface area contributed by atoms with Gasteiger partial charge in [-0.2, -0.15) is 0 Å². The number of nitrogens with two attached hydrogens (primary N) is 1. The van der Waals surface area contributed by atoms with Crippen molar-refractivity contribution in [2.45, 2.75) is 33.2 Å². The van der Waals surface area contributed by atoms with Gasteiger partial charge in [0.15, 0.2) is 0 Å². The Labute approximate surface area is 104 Å². The van der Waals surface area contributed by atoms with Crippen molar-refractivity contribution in [3.63, 3.8) is 0 Å². The van der Waals surface area contributed by atoms with Gasteiger partial charge in [-0.3, -0.25) is 10.3 Å². The van der Waals surface area contributed by atoms with E-state index in [9.17, 15) is 0 Å². The van der Waals surface area contributed by atoms with Gasteiger partial charge in [0.05, 0.1) is 0 Å². The van der Waals surface area contributed by atoms with Crippen LogP contribution in [-0.2, 0) is 6.54 Å². The smallest absolute Gasteiger partial charge is 0.122 e. The molecule has 0 unspecified atom stereocenters. The second-order valence-electron chi connectivity index (χ2n) is 4.39. The lowest BCUT2D eigenvalue weighted by Crippen LogP contribution is -2.24. The SMILES string of the molecule is CCCN(CCC)Cc1ccc(C(=N)N)cc1. The fraction of sp³-hybridized carbons (Fsp3) is 0.500. The minimum Gasteiger partial charge on any atom is -0.384 e. The number of hydrogen-bond acceptors (Lipinski definition) is 2. The van der Waals surface area contributed by atoms with Crippen molar-refractivity contribution in [2.75, 3.05) is 13.1 Å². The number of nitrogen functional groups attached to an aromatic ring is 1. The summed E-state index contributed by atoms with van der Waals surface area (Å²) in [5.74, 6) is 0.135. The third kappa shape index (κ3) is 4.57. The first-order valence-electron chi connectivity index (χ1n) is 6.33. The molecule has 1 rings (SSSR count). The predicted octanol–water partition coefficient (Wildman–Crippen LogP) is 2.59. The van der Waals surface area contributed by atoms with Gasteiger partial charge < -0.3 is 5.73 Å². The molecule has 1 aromatic carbocycles. The standard InChI is InChI=1S/C14H23N3/c1-3-9-17(10-4-2)11-12-5-7-13(8-6-12)14(15)16/h5-8H,3-4,9-11H2,1-2H3,(H3,15,16). The van der Waals surface area contributed by atoms with Gasteiger partial charge in [-0.15, -0.1) is 0 Å². The summed E-state index contributed by atoms with van der Waals surface area (Å²) in [6.45, 7) is 7.69. The molecule has 1 aromatic rings. The molecule has 0 heterocycles. The van der Waals surface area contributed by atoms with Crippen molar-refractivity contribution in [1.82, 2.24) is 4.90 Å². The first-order valence-corrected chi connectivity index (χ1v) is 6.33. The van der Waals surface area contributed by atoms with E-state index in [4.69, 9.17) is 11.1 Å². The van der Waals surface area contributed by atoms with E-state index in [2.05, 4.69) is 30.9 Å². The lowest BCUT2D eigenvalue weighted by molar-refractivity contribution is 0.266. The molecule has 0 saturated heterocycles. The molecule has 3 heteroatoms. The summed E-state index contributed by atoms with van der Waals surface area (Å²) in [7, 11) is 0. The summed E-state index contributed by atoms with van der Waals surface area (Å²) in [4.78, 5) is 2.46. The van der Waals surface area contributed by atoms with Crippen LogP contribution in [0.5, 0.6) is 0 Å². The zero-order chi connectivity index (χ0) is 12.7. The minimum atomic E-state index is 0.135. The van der Waals surface area contributed by atoms with Gasteiger partial charge in [-0.05, 0) is 31.5 Å². The zero-order valence-electron chi connectivity index (χ0n) is 10.9. The first-order chi connectivity index (χ1) is 8.17. The van der Waals surface area contributed by atoms with Crippen LogP contribution in [0.3, 0.4) is 0 Å². The summed E-state index contributed by atoms with van der Waals surface area (Å²) < 4.78 is 0. The summed E-state index contributed by atoms with van der Waals surface area (Å²) in [5.41, 5.74) is 7.52. The van der Waals surface area contributed by atoms with Crippen LogP contribution in [0.1, 0.15) is 37.8 Å². The second kappa shape index (κ2) is 7.07. The molecule has 0 aliphatic carbocycles. The summed E-state index contributed by atoms with van der Waals surface area (Å²) in [6.07, 6.45) is 2.37. The summed E-state index contributed by atoms with van der Waals surface area (Å²) >= 11 is 0. The van der Waals surface area contributed by atoms with Crippen LogP contribution in [0.2, 0.25) is 0 Å². The van der Waals surface area contributed by atoms with Crippen molar-refractivity contribution in [3.05, 3.63) is 35.4 Å². The quantitative estimate of drug-likeness (QED) is 0.562. The summed E-state index contributed by atoms with van der Waals surface area (Å²) in [6, 6.07) is 7.98. The number of nitrogens with zero attached hydrogens (tertiary/aromatic N) is 1. The van der Waals surface area contributed by atoms with Gasteiger partial charge in [-0.25, -0.2) is 0 Å². The number of hydrogen-bond donors (Lipinski definition) is 2. The van der Waals surface area contributed by atoms with Gasteiger partial charge in [-0.1, -0.05) is 38.1 Å². The first kappa shape index (κ1) is 13.7. The highest BCUT2D eigenvalue weighted by molar-refractivity contribution is 5.94. The van der Waals surface area contributed by atoms with Crippen molar-refractivity contribution < 1.29 is 0 Å². The van der Waals surface area contributed by atoms with E-state index in [-0.39, 0.29) is 5.84 Å². The summed E-state index contributed by atoms with van der Waals surface area (Å²) in [5, 5.41) is 7.35. The van der Waals surface area contributed by atoms with E-state index in [0.717, 1.165) is 25.2 Å². The van der Waals surface area contributed by atoms with Crippen LogP contribution < -0.4 is 5.73 Å². The molecule has 0 bridgehead atoms. The molecule has 0 aliphatic heterocycles. The molecule has 0 spiro atoms. The fourth-order valence-corrected chi connectivity index (χ4v) is 1.95. The third-order valence-electron chi connectivity index (χ3n) is 2.75. The molecule has 3 nitrogen and oxygen atoms in total. The number of rotatable bonds is 7. The average molecular weight is 233 g/mol. The Kier molecular flexibility index (Phi) is 5.70. The highest BCUT2D eigenvalue weighted by Crippen LogP contribution is 2.08. The Balaban J connectivity index is 2.62. The largest absolute Gasteiger partial charge is 0.384 e. The predicted molar refractivity (Wildman–Crippen MR) is 73.3 cm³/mol. The Bertz CT molecular complexity index is 337. The number of nitrogens with one attached hydrogen (secondary N) is 1. The molecular formula is C14H23N3. The van der Waals surface area contributed by atoms with Crippen molar-refractivity contribution in [2.24, 2.45) is 5.73 Å². The molecule has 3 N–H and O–H groups in total. The van der Waals surface area contributed by atoms with Crippen molar-refractivity contribution in [1.29, 1.82) is 5.41 Å². The lowest BCUT2D eigenvalue weighted by Gasteiger charge is -2.21. The molecule has 0 amide bonds. The molecule has 0 aromatic heterocycles. The van der Waals surface area contributed by atoms with Crippen LogP contribution in [0.25, 0.3) is 0 Å². The molecule has 0 atom stereocenters. The number of amidine groups is 1. The van der Waals surface area contributed by atoms with E-state index in [1.165, 1.54) is 18.4 Å². The van der Waals surface area contributed by atoms with Crippen LogP contribution in [0, 0.1) is 5.41 Å².